The minimum Gasteiger partial charge on any atom is -0.399 e. The van der Waals surface area contributed by atoms with Gasteiger partial charge in [0, 0.05) is 24.8 Å². The number of anilines is 1. The van der Waals surface area contributed by atoms with Gasteiger partial charge < -0.3 is 19.7 Å². The van der Waals surface area contributed by atoms with E-state index in [0.29, 0.717) is 38.0 Å². The van der Waals surface area contributed by atoms with Crippen molar-refractivity contribution in [3.8, 4) is 11.5 Å². The molecule has 6 heteroatoms. The summed E-state index contributed by atoms with van der Waals surface area (Å²) in [4.78, 5) is 4.34. The van der Waals surface area contributed by atoms with E-state index in [0.717, 1.165) is 16.8 Å². The zero-order valence-electron chi connectivity index (χ0n) is 11.8. The van der Waals surface area contributed by atoms with Gasteiger partial charge in [0.15, 0.2) is 5.82 Å². The molecule has 1 aromatic carbocycles. The van der Waals surface area contributed by atoms with E-state index in [1.807, 2.05) is 25.1 Å². The van der Waals surface area contributed by atoms with Crippen LogP contribution in [0.25, 0.3) is 11.5 Å². The first kappa shape index (κ1) is 14.5. The SMILES string of the molecule is COCCOCCc1noc(-c2ccc(N)c(C)c2)n1. The van der Waals surface area contributed by atoms with Crippen LogP contribution in [0.1, 0.15) is 11.4 Å². The molecule has 2 N–H and O–H groups in total. The van der Waals surface area contributed by atoms with Crippen LogP contribution in [-0.2, 0) is 15.9 Å². The lowest BCUT2D eigenvalue weighted by Crippen LogP contribution is -2.05. The van der Waals surface area contributed by atoms with Crippen molar-refractivity contribution in [2.45, 2.75) is 13.3 Å². The first-order valence-electron chi connectivity index (χ1n) is 6.46. The fraction of sp³-hybridized carbons (Fsp3) is 0.429. The molecule has 6 nitrogen and oxygen atoms in total. The molecule has 0 atom stereocenters. The maximum Gasteiger partial charge on any atom is 0.257 e. The summed E-state index contributed by atoms with van der Waals surface area (Å²) in [6.45, 7) is 3.64. The smallest absolute Gasteiger partial charge is 0.257 e. The second-order valence-electron chi connectivity index (χ2n) is 4.44. The molecule has 0 radical (unpaired) electrons. The number of nitrogens with two attached hydrogens (primary N) is 1. The molecule has 0 unspecified atom stereocenters. The molecule has 2 rings (SSSR count). The second-order valence-corrected chi connectivity index (χ2v) is 4.44. The van der Waals surface area contributed by atoms with Gasteiger partial charge in [0.05, 0.1) is 19.8 Å². The number of hydrogen-bond acceptors (Lipinski definition) is 6. The Labute approximate surface area is 117 Å². The third-order valence-corrected chi connectivity index (χ3v) is 2.89. The Bertz CT molecular complexity index is 554. The first-order valence-corrected chi connectivity index (χ1v) is 6.46. The minimum absolute atomic E-state index is 0.500. The summed E-state index contributed by atoms with van der Waals surface area (Å²) >= 11 is 0. The van der Waals surface area contributed by atoms with E-state index in [9.17, 15) is 0 Å². The predicted molar refractivity (Wildman–Crippen MR) is 75.3 cm³/mol. The van der Waals surface area contributed by atoms with Crippen LogP contribution in [0.15, 0.2) is 22.7 Å². The molecule has 1 heterocycles. The van der Waals surface area contributed by atoms with E-state index in [2.05, 4.69) is 10.1 Å². The van der Waals surface area contributed by atoms with E-state index in [-0.39, 0.29) is 0 Å². The summed E-state index contributed by atoms with van der Waals surface area (Å²) in [5.41, 5.74) is 8.40. The zero-order chi connectivity index (χ0) is 14.4. The van der Waals surface area contributed by atoms with Gasteiger partial charge in [-0.25, -0.2) is 0 Å². The molecule has 0 aliphatic heterocycles. The van der Waals surface area contributed by atoms with Gasteiger partial charge in [0.25, 0.3) is 5.89 Å². The lowest BCUT2D eigenvalue weighted by atomic mass is 10.1. The average Bonchev–Trinajstić information content (AvgIpc) is 2.90. The maximum atomic E-state index is 5.78. The van der Waals surface area contributed by atoms with Gasteiger partial charge >= 0.3 is 0 Å². The molecular weight excluding hydrogens is 258 g/mol. The highest BCUT2D eigenvalue weighted by Crippen LogP contribution is 2.21. The number of nitrogens with zero attached hydrogens (tertiary/aromatic N) is 2. The van der Waals surface area contributed by atoms with Crippen molar-refractivity contribution in [3.05, 3.63) is 29.6 Å². The monoisotopic (exact) mass is 277 g/mol. The highest BCUT2D eigenvalue weighted by atomic mass is 16.5. The molecule has 0 bridgehead atoms. The molecule has 0 saturated heterocycles. The Hall–Kier alpha value is -1.92. The quantitative estimate of drug-likeness (QED) is 0.614. The van der Waals surface area contributed by atoms with Crippen molar-refractivity contribution in [2.75, 3.05) is 32.7 Å². The second kappa shape index (κ2) is 7.02. The molecule has 0 fully saturated rings. The van der Waals surface area contributed by atoms with Crippen molar-refractivity contribution in [1.29, 1.82) is 0 Å². The highest BCUT2D eigenvalue weighted by molar-refractivity contribution is 5.60. The molecule has 2 aromatic rings. The van der Waals surface area contributed by atoms with Gasteiger partial charge in [0.1, 0.15) is 0 Å². The van der Waals surface area contributed by atoms with Crippen LogP contribution in [0.5, 0.6) is 0 Å². The Morgan fingerprint density at radius 3 is 2.85 bits per heavy atom. The number of nitrogen functional groups attached to an aromatic ring is 1. The summed E-state index contributed by atoms with van der Waals surface area (Å²) < 4.78 is 15.5. The van der Waals surface area contributed by atoms with Crippen molar-refractivity contribution in [2.24, 2.45) is 0 Å². The van der Waals surface area contributed by atoms with Gasteiger partial charge in [-0.1, -0.05) is 5.16 Å². The van der Waals surface area contributed by atoms with Gasteiger partial charge in [0.2, 0.25) is 0 Å². The van der Waals surface area contributed by atoms with Crippen molar-refractivity contribution in [3.63, 3.8) is 0 Å². The first-order chi connectivity index (χ1) is 9.70. The average molecular weight is 277 g/mol. The van der Waals surface area contributed by atoms with E-state index in [4.69, 9.17) is 19.7 Å². The van der Waals surface area contributed by atoms with Crippen LogP contribution >= 0.6 is 0 Å². The van der Waals surface area contributed by atoms with E-state index in [1.165, 1.54) is 0 Å². The van der Waals surface area contributed by atoms with E-state index in [1.54, 1.807) is 7.11 Å². The fourth-order valence-electron chi connectivity index (χ4n) is 1.69. The summed E-state index contributed by atoms with van der Waals surface area (Å²) in [7, 11) is 1.64. The number of methoxy groups -OCH3 is 1. The number of hydrogen-bond donors (Lipinski definition) is 1. The minimum atomic E-state index is 0.500. The lowest BCUT2D eigenvalue weighted by Gasteiger charge is -2.01. The lowest BCUT2D eigenvalue weighted by molar-refractivity contribution is 0.0714. The fourth-order valence-corrected chi connectivity index (χ4v) is 1.69. The summed E-state index contributed by atoms with van der Waals surface area (Å²) in [5, 5.41) is 3.93. The van der Waals surface area contributed by atoms with E-state index >= 15 is 0 Å². The Balaban J connectivity index is 1.93. The number of aromatic nitrogens is 2. The third-order valence-electron chi connectivity index (χ3n) is 2.89. The molecule has 0 saturated carbocycles. The molecule has 0 spiro atoms. The molecule has 0 aliphatic rings. The summed E-state index contributed by atoms with van der Waals surface area (Å²) in [5.74, 6) is 1.13. The number of ether oxygens (including phenoxy) is 2. The van der Waals surface area contributed by atoms with Crippen molar-refractivity contribution < 1.29 is 14.0 Å². The van der Waals surface area contributed by atoms with Gasteiger partial charge in [-0.15, -0.1) is 0 Å². The summed E-state index contributed by atoms with van der Waals surface area (Å²) in [6, 6.07) is 5.64. The molecule has 0 aliphatic carbocycles. The standard InChI is InChI=1S/C14H19N3O3/c1-10-9-11(3-4-12(10)15)14-16-13(17-20-14)5-6-19-8-7-18-2/h3-4,9H,5-8,15H2,1-2H3. The van der Waals surface area contributed by atoms with Gasteiger partial charge in [-0.05, 0) is 30.7 Å². The molecule has 0 amide bonds. The van der Waals surface area contributed by atoms with Gasteiger partial charge in [-0.2, -0.15) is 4.98 Å². The molecular formula is C14H19N3O3. The normalized spacial score (nSPS) is 10.9. The predicted octanol–water partition coefficient (Wildman–Crippen LogP) is 1.83. The zero-order valence-corrected chi connectivity index (χ0v) is 11.8. The largest absolute Gasteiger partial charge is 0.399 e. The van der Waals surface area contributed by atoms with E-state index < -0.39 is 0 Å². The Morgan fingerprint density at radius 1 is 1.25 bits per heavy atom. The summed E-state index contributed by atoms with van der Waals surface area (Å²) in [6.07, 6.45) is 0.612. The van der Waals surface area contributed by atoms with Crippen LogP contribution in [0, 0.1) is 6.92 Å². The molecule has 1 aromatic heterocycles. The Kier molecular flexibility index (Phi) is 5.09. The molecule has 108 valence electrons. The van der Waals surface area contributed by atoms with Crippen LogP contribution in [-0.4, -0.2) is 37.1 Å². The van der Waals surface area contributed by atoms with Crippen LogP contribution in [0.3, 0.4) is 0 Å². The number of aryl methyl sites for hydroxylation is 1. The topological polar surface area (TPSA) is 83.4 Å². The highest BCUT2D eigenvalue weighted by Gasteiger charge is 2.09. The van der Waals surface area contributed by atoms with Crippen molar-refractivity contribution >= 4 is 5.69 Å². The van der Waals surface area contributed by atoms with Crippen molar-refractivity contribution in [1.82, 2.24) is 10.1 Å². The maximum absolute atomic E-state index is 5.78. The molecule has 20 heavy (non-hydrogen) atoms. The van der Waals surface area contributed by atoms with Crippen LogP contribution in [0.2, 0.25) is 0 Å². The van der Waals surface area contributed by atoms with Crippen LogP contribution < -0.4 is 5.73 Å². The number of rotatable bonds is 7. The van der Waals surface area contributed by atoms with Crippen LogP contribution in [0.4, 0.5) is 5.69 Å². The Morgan fingerprint density at radius 2 is 2.10 bits per heavy atom. The number of benzene rings is 1. The van der Waals surface area contributed by atoms with Gasteiger partial charge in [-0.3, -0.25) is 0 Å². The third kappa shape index (κ3) is 3.79.